The van der Waals surface area contributed by atoms with Crippen LogP contribution in [0.5, 0.6) is 0 Å². The summed E-state index contributed by atoms with van der Waals surface area (Å²) in [5.74, 6) is 1.01. The highest BCUT2D eigenvalue weighted by molar-refractivity contribution is 6.45. The predicted molar refractivity (Wildman–Crippen MR) is 69.2 cm³/mol. The molecule has 0 unspecified atom stereocenters. The van der Waals surface area contributed by atoms with E-state index in [1.54, 1.807) is 13.0 Å². The number of carbonyl (C=O) groups excluding carboxylic acids is 2. The summed E-state index contributed by atoms with van der Waals surface area (Å²) in [7, 11) is 0. The minimum atomic E-state index is -0.680. The molecule has 0 aliphatic carbocycles. The third-order valence-corrected chi connectivity index (χ3v) is 2.68. The topological polar surface area (TPSA) is 62.0 Å². The van der Waals surface area contributed by atoms with E-state index in [4.69, 9.17) is 6.42 Å². The van der Waals surface area contributed by atoms with Crippen LogP contribution in [0.4, 0.5) is 0 Å². The summed E-state index contributed by atoms with van der Waals surface area (Å²) in [5, 5.41) is 3.12. The quantitative estimate of drug-likeness (QED) is 0.484. The minimum absolute atomic E-state index is 0.0476. The average molecular weight is 240 g/mol. The molecule has 0 bridgehead atoms. The number of ketones is 1. The lowest BCUT2D eigenvalue weighted by molar-refractivity contribution is -0.116. The Kier molecular flexibility index (Phi) is 3.16. The monoisotopic (exact) mass is 240 g/mol. The number of hydrogen-bond acceptors (Lipinski definition) is 2. The Morgan fingerprint density at radius 1 is 1.39 bits per heavy atom. The standard InChI is InChI=1S/C14H12N2O2/c1-3-8-15-14(18)13(17)12-9(2)16-11-7-5-4-6-10(11)12/h1,4-7,16H,8H2,2H3,(H,15,18). The molecule has 4 heteroatoms. The van der Waals surface area contributed by atoms with Gasteiger partial charge in [-0.15, -0.1) is 6.42 Å². The summed E-state index contributed by atoms with van der Waals surface area (Å²) in [6, 6.07) is 7.36. The highest BCUT2D eigenvalue weighted by Crippen LogP contribution is 2.22. The molecule has 18 heavy (non-hydrogen) atoms. The molecule has 2 N–H and O–H groups in total. The summed E-state index contributed by atoms with van der Waals surface area (Å²) in [5.41, 5.74) is 1.92. The second-order valence-corrected chi connectivity index (χ2v) is 3.89. The molecular formula is C14H12N2O2. The van der Waals surface area contributed by atoms with Crippen molar-refractivity contribution in [3.05, 3.63) is 35.5 Å². The van der Waals surface area contributed by atoms with Crippen molar-refractivity contribution in [3.63, 3.8) is 0 Å². The van der Waals surface area contributed by atoms with Gasteiger partial charge in [0.05, 0.1) is 12.1 Å². The van der Waals surface area contributed by atoms with Crippen LogP contribution >= 0.6 is 0 Å². The summed E-state index contributed by atoms with van der Waals surface area (Å²) in [4.78, 5) is 26.7. The van der Waals surface area contributed by atoms with Gasteiger partial charge in [-0.25, -0.2) is 0 Å². The van der Waals surface area contributed by atoms with Crippen molar-refractivity contribution in [1.29, 1.82) is 0 Å². The third-order valence-electron chi connectivity index (χ3n) is 2.68. The Balaban J connectivity index is 2.42. The van der Waals surface area contributed by atoms with Crippen molar-refractivity contribution in [2.45, 2.75) is 6.92 Å². The molecule has 0 radical (unpaired) electrons. The average Bonchev–Trinajstić information content (AvgIpc) is 2.70. The van der Waals surface area contributed by atoms with Gasteiger partial charge < -0.3 is 10.3 Å². The molecule has 0 saturated heterocycles. The second-order valence-electron chi connectivity index (χ2n) is 3.89. The van der Waals surface area contributed by atoms with E-state index < -0.39 is 11.7 Å². The van der Waals surface area contributed by atoms with Gasteiger partial charge in [0.25, 0.3) is 11.7 Å². The number of H-pyrrole nitrogens is 1. The summed E-state index contributed by atoms with van der Waals surface area (Å²) < 4.78 is 0. The van der Waals surface area contributed by atoms with E-state index in [0.29, 0.717) is 11.3 Å². The third kappa shape index (κ3) is 1.98. The van der Waals surface area contributed by atoms with Crippen LogP contribution in [0.25, 0.3) is 10.9 Å². The lowest BCUT2D eigenvalue weighted by Gasteiger charge is -2.01. The molecule has 0 atom stereocenters. The van der Waals surface area contributed by atoms with Gasteiger partial charge in [-0.2, -0.15) is 0 Å². The van der Waals surface area contributed by atoms with Crippen LogP contribution in [0.3, 0.4) is 0 Å². The first-order valence-corrected chi connectivity index (χ1v) is 5.48. The van der Waals surface area contributed by atoms with E-state index in [9.17, 15) is 9.59 Å². The number of terminal acetylenes is 1. The van der Waals surface area contributed by atoms with Gasteiger partial charge in [-0.3, -0.25) is 9.59 Å². The minimum Gasteiger partial charge on any atom is -0.358 e. The van der Waals surface area contributed by atoms with E-state index >= 15 is 0 Å². The number of aromatic amines is 1. The number of carbonyl (C=O) groups is 2. The van der Waals surface area contributed by atoms with Crippen molar-refractivity contribution in [1.82, 2.24) is 10.3 Å². The normalized spacial score (nSPS) is 10.0. The molecule has 1 aromatic carbocycles. The van der Waals surface area contributed by atoms with Crippen molar-refractivity contribution in [3.8, 4) is 12.3 Å². The molecule has 1 amide bonds. The fourth-order valence-corrected chi connectivity index (χ4v) is 1.89. The van der Waals surface area contributed by atoms with Crippen LogP contribution in [-0.2, 0) is 4.79 Å². The molecule has 4 nitrogen and oxygen atoms in total. The number of Topliss-reactive ketones (excluding diaryl/α,β-unsaturated/α-hetero) is 1. The first-order valence-electron chi connectivity index (χ1n) is 5.48. The maximum absolute atomic E-state index is 12.0. The second kappa shape index (κ2) is 4.76. The van der Waals surface area contributed by atoms with Crippen molar-refractivity contribution >= 4 is 22.6 Å². The van der Waals surface area contributed by atoms with Crippen LogP contribution in [-0.4, -0.2) is 23.2 Å². The van der Waals surface area contributed by atoms with Crippen LogP contribution in [0.2, 0.25) is 0 Å². The van der Waals surface area contributed by atoms with Crippen LogP contribution in [0.1, 0.15) is 16.1 Å². The Morgan fingerprint density at radius 3 is 2.83 bits per heavy atom. The Labute approximate surface area is 104 Å². The van der Waals surface area contributed by atoms with Crippen LogP contribution in [0, 0.1) is 19.3 Å². The number of benzene rings is 1. The van der Waals surface area contributed by atoms with Gasteiger partial charge in [0, 0.05) is 16.6 Å². The highest BCUT2D eigenvalue weighted by Gasteiger charge is 2.21. The van der Waals surface area contributed by atoms with Crippen molar-refractivity contribution in [2.75, 3.05) is 6.54 Å². The Morgan fingerprint density at radius 2 is 2.11 bits per heavy atom. The molecule has 0 fully saturated rings. The van der Waals surface area contributed by atoms with Crippen LogP contribution in [0.15, 0.2) is 24.3 Å². The number of rotatable bonds is 3. The van der Waals surface area contributed by atoms with E-state index in [-0.39, 0.29) is 6.54 Å². The Hall–Kier alpha value is -2.54. The fourth-order valence-electron chi connectivity index (χ4n) is 1.89. The Bertz CT molecular complexity index is 662. The molecule has 0 saturated carbocycles. The molecule has 2 rings (SSSR count). The maximum atomic E-state index is 12.0. The number of aryl methyl sites for hydroxylation is 1. The van der Waals surface area contributed by atoms with Gasteiger partial charge in [0.1, 0.15) is 0 Å². The largest absolute Gasteiger partial charge is 0.358 e. The first-order chi connectivity index (χ1) is 8.65. The molecule has 90 valence electrons. The smallest absolute Gasteiger partial charge is 0.293 e. The summed E-state index contributed by atoms with van der Waals surface area (Å²) in [6.45, 7) is 1.81. The molecule has 0 aliphatic heterocycles. The van der Waals surface area contributed by atoms with E-state index in [2.05, 4.69) is 16.2 Å². The number of para-hydroxylation sites is 1. The number of nitrogens with one attached hydrogen (secondary N) is 2. The maximum Gasteiger partial charge on any atom is 0.293 e. The predicted octanol–water partition coefficient (Wildman–Crippen LogP) is 1.41. The molecule has 0 aliphatic rings. The number of fused-ring (bicyclic) bond motifs is 1. The summed E-state index contributed by atoms with van der Waals surface area (Å²) in [6.07, 6.45) is 5.03. The lowest BCUT2D eigenvalue weighted by Crippen LogP contribution is -2.31. The van der Waals surface area contributed by atoms with Crippen LogP contribution < -0.4 is 5.32 Å². The number of hydrogen-bond donors (Lipinski definition) is 2. The zero-order valence-corrected chi connectivity index (χ0v) is 9.91. The molecular weight excluding hydrogens is 228 g/mol. The van der Waals surface area contributed by atoms with Gasteiger partial charge in [0.2, 0.25) is 0 Å². The van der Waals surface area contributed by atoms with Gasteiger partial charge in [0.15, 0.2) is 0 Å². The number of amides is 1. The zero-order chi connectivity index (χ0) is 13.1. The van der Waals surface area contributed by atoms with Gasteiger partial charge >= 0.3 is 0 Å². The van der Waals surface area contributed by atoms with E-state index in [0.717, 1.165) is 10.9 Å². The first kappa shape index (κ1) is 11.9. The molecule has 1 aromatic heterocycles. The molecule has 2 aromatic rings. The molecule has 0 spiro atoms. The lowest BCUT2D eigenvalue weighted by atomic mass is 10.1. The van der Waals surface area contributed by atoms with Gasteiger partial charge in [-0.05, 0) is 13.0 Å². The van der Waals surface area contributed by atoms with Crippen molar-refractivity contribution in [2.24, 2.45) is 0 Å². The summed E-state index contributed by atoms with van der Waals surface area (Å²) >= 11 is 0. The zero-order valence-electron chi connectivity index (χ0n) is 9.91. The fraction of sp³-hybridized carbons (Fsp3) is 0.143. The van der Waals surface area contributed by atoms with Crippen molar-refractivity contribution < 1.29 is 9.59 Å². The van der Waals surface area contributed by atoms with Gasteiger partial charge in [-0.1, -0.05) is 24.1 Å². The SMILES string of the molecule is C#CCNC(=O)C(=O)c1c(C)[nH]c2ccccc12. The van der Waals surface area contributed by atoms with E-state index in [1.807, 2.05) is 18.2 Å². The highest BCUT2D eigenvalue weighted by atomic mass is 16.2. The molecule has 1 heterocycles. The number of aromatic nitrogens is 1. The van der Waals surface area contributed by atoms with E-state index in [1.165, 1.54) is 0 Å².